The van der Waals surface area contributed by atoms with Crippen LogP contribution < -0.4 is 5.32 Å². The fraction of sp³-hybridized carbons (Fsp3) is 0.500. The molecule has 0 spiro atoms. The highest BCUT2D eigenvalue weighted by molar-refractivity contribution is 6.31. The maximum atomic E-state index is 6.25. The van der Waals surface area contributed by atoms with Crippen LogP contribution in [0.1, 0.15) is 24.0 Å². The topological polar surface area (TPSA) is 47.7 Å². The minimum absolute atomic E-state index is 0.643. The number of hydrogen-bond acceptors (Lipinski definition) is 3. The molecule has 2 rings (SSSR count). The summed E-state index contributed by atoms with van der Waals surface area (Å²) in [7, 11) is 1.90. The molecule has 0 fully saturated rings. The molecule has 0 bridgehead atoms. The molecule has 0 aliphatic heterocycles. The van der Waals surface area contributed by atoms with Gasteiger partial charge in [0.1, 0.15) is 0 Å². The first-order chi connectivity index (χ1) is 8.63. The molecule has 0 radical (unpaired) electrons. The van der Waals surface area contributed by atoms with Crippen molar-refractivity contribution in [1.29, 1.82) is 0 Å². The number of aryl methyl sites for hydroxylation is 2. The lowest BCUT2D eigenvalue weighted by molar-refractivity contribution is 0.575. The van der Waals surface area contributed by atoms with Crippen molar-refractivity contribution in [1.82, 2.24) is 24.9 Å². The highest BCUT2D eigenvalue weighted by Crippen LogP contribution is 2.20. The van der Waals surface area contributed by atoms with Gasteiger partial charge in [0.05, 0.1) is 28.6 Å². The molecule has 6 heteroatoms. The first-order valence-electron chi connectivity index (χ1n) is 6.02. The number of nitrogens with zero attached hydrogens (tertiary/aromatic N) is 4. The number of hydrogen-bond donors (Lipinski definition) is 1. The predicted molar refractivity (Wildman–Crippen MR) is 71.7 cm³/mol. The van der Waals surface area contributed by atoms with Crippen LogP contribution in [0.2, 0.25) is 5.02 Å². The van der Waals surface area contributed by atoms with Crippen molar-refractivity contribution >= 4 is 11.6 Å². The summed E-state index contributed by atoms with van der Waals surface area (Å²) < 4.78 is 3.77. The van der Waals surface area contributed by atoms with Gasteiger partial charge in [-0.05, 0) is 19.5 Å². The van der Waals surface area contributed by atoms with Gasteiger partial charge < -0.3 is 5.32 Å². The predicted octanol–water partition coefficient (Wildman–Crippen LogP) is 1.74. The van der Waals surface area contributed by atoms with Crippen molar-refractivity contribution < 1.29 is 0 Å². The van der Waals surface area contributed by atoms with Gasteiger partial charge in [-0.25, -0.2) is 0 Å². The lowest BCUT2D eigenvalue weighted by Crippen LogP contribution is -2.17. The second kappa shape index (κ2) is 5.54. The maximum Gasteiger partial charge on any atom is 0.0866 e. The van der Waals surface area contributed by atoms with Gasteiger partial charge in [0.2, 0.25) is 0 Å². The number of aromatic nitrogens is 4. The van der Waals surface area contributed by atoms with E-state index < -0.39 is 0 Å². The van der Waals surface area contributed by atoms with Crippen LogP contribution >= 0.6 is 11.6 Å². The summed E-state index contributed by atoms with van der Waals surface area (Å²) in [5, 5.41) is 12.7. The fourth-order valence-corrected chi connectivity index (χ4v) is 2.12. The Kier molecular flexibility index (Phi) is 4.04. The van der Waals surface area contributed by atoms with Gasteiger partial charge in [0.15, 0.2) is 0 Å². The molecule has 0 aliphatic rings. The van der Waals surface area contributed by atoms with E-state index >= 15 is 0 Å². The monoisotopic (exact) mass is 267 g/mol. The molecule has 0 atom stereocenters. The second-order valence-corrected chi connectivity index (χ2v) is 4.61. The molecule has 18 heavy (non-hydrogen) atoms. The molecule has 0 aliphatic carbocycles. The third kappa shape index (κ3) is 2.57. The van der Waals surface area contributed by atoms with Gasteiger partial charge >= 0.3 is 0 Å². The molecular weight excluding hydrogens is 250 g/mol. The quantitative estimate of drug-likeness (QED) is 0.898. The van der Waals surface area contributed by atoms with Crippen LogP contribution in [0.4, 0.5) is 0 Å². The van der Waals surface area contributed by atoms with Crippen LogP contribution in [0, 0.1) is 6.92 Å². The van der Waals surface area contributed by atoms with Gasteiger partial charge in [0, 0.05) is 19.8 Å². The molecule has 0 saturated heterocycles. The maximum absolute atomic E-state index is 6.25. The SMILES string of the molecule is CCNCc1ccnn1Cc1c(Cl)c(C)nn1C. The lowest BCUT2D eigenvalue weighted by Gasteiger charge is -2.08. The highest BCUT2D eigenvalue weighted by Gasteiger charge is 2.13. The molecule has 2 heterocycles. The summed E-state index contributed by atoms with van der Waals surface area (Å²) in [5.41, 5.74) is 2.98. The van der Waals surface area contributed by atoms with E-state index in [1.54, 1.807) is 0 Å². The van der Waals surface area contributed by atoms with Gasteiger partial charge in [-0.1, -0.05) is 18.5 Å². The Morgan fingerprint density at radius 3 is 2.83 bits per heavy atom. The molecule has 2 aromatic heterocycles. The molecule has 1 N–H and O–H groups in total. The molecular formula is C12H18ClN5. The van der Waals surface area contributed by atoms with Crippen LogP contribution in [0.25, 0.3) is 0 Å². The average molecular weight is 268 g/mol. The van der Waals surface area contributed by atoms with Crippen molar-refractivity contribution in [2.24, 2.45) is 7.05 Å². The van der Waals surface area contributed by atoms with E-state index in [2.05, 4.69) is 22.4 Å². The number of rotatable bonds is 5. The summed E-state index contributed by atoms with van der Waals surface area (Å²) in [6.45, 7) is 6.39. The standard InChI is InChI=1S/C12H18ClN5/c1-4-14-7-10-5-6-15-18(10)8-11-12(13)9(2)16-17(11)3/h5-6,14H,4,7-8H2,1-3H3. The van der Waals surface area contributed by atoms with E-state index in [1.807, 2.05) is 35.6 Å². The van der Waals surface area contributed by atoms with Crippen LogP contribution in [0.5, 0.6) is 0 Å². The lowest BCUT2D eigenvalue weighted by atomic mass is 10.3. The Balaban J connectivity index is 2.21. The summed E-state index contributed by atoms with van der Waals surface area (Å²) in [6, 6.07) is 2.01. The normalized spacial score (nSPS) is 11.1. The molecule has 0 saturated carbocycles. The van der Waals surface area contributed by atoms with E-state index in [9.17, 15) is 0 Å². The molecule has 0 amide bonds. The van der Waals surface area contributed by atoms with E-state index in [1.165, 1.54) is 0 Å². The second-order valence-electron chi connectivity index (χ2n) is 4.23. The zero-order chi connectivity index (χ0) is 13.1. The number of nitrogens with one attached hydrogen (secondary N) is 1. The third-order valence-electron chi connectivity index (χ3n) is 2.92. The van der Waals surface area contributed by atoms with Crippen molar-refractivity contribution in [3.8, 4) is 0 Å². The Morgan fingerprint density at radius 2 is 2.22 bits per heavy atom. The first-order valence-corrected chi connectivity index (χ1v) is 6.40. The Labute approximate surface area is 112 Å². The van der Waals surface area contributed by atoms with E-state index in [-0.39, 0.29) is 0 Å². The Hall–Kier alpha value is -1.33. The van der Waals surface area contributed by atoms with E-state index in [0.29, 0.717) is 6.54 Å². The van der Waals surface area contributed by atoms with E-state index in [0.717, 1.165) is 35.2 Å². The van der Waals surface area contributed by atoms with E-state index in [4.69, 9.17) is 11.6 Å². The van der Waals surface area contributed by atoms with Gasteiger partial charge in [-0.3, -0.25) is 9.36 Å². The highest BCUT2D eigenvalue weighted by atomic mass is 35.5. The van der Waals surface area contributed by atoms with Gasteiger partial charge in [-0.15, -0.1) is 0 Å². The zero-order valence-corrected chi connectivity index (χ0v) is 11.7. The fourth-order valence-electron chi connectivity index (χ4n) is 1.90. The van der Waals surface area contributed by atoms with Crippen LogP contribution in [0.3, 0.4) is 0 Å². The summed E-state index contributed by atoms with van der Waals surface area (Å²) >= 11 is 6.25. The minimum atomic E-state index is 0.643. The minimum Gasteiger partial charge on any atom is -0.311 e. The third-order valence-corrected chi connectivity index (χ3v) is 3.41. The smallest absolute Gasteiger partial charge is 0.0866 e. The zero-order valence-electron chi connectivity index (χ0n) is 10.9. The largest absolute Gasteiger partial charge is 0.311 e. The molecule has 2 aromatic rings. The van der Waals surface area contributed by atoms with Crippen LogP contribution in [0.15, 0.2) is 12.3 Å². The van der Waals surface area contributed by atoms with Crippen LogP contribution in [-0.4, -0.2) is 26.1 Å². The van der Waals surface area contributed by atoms with Gasteiger partial charge in [0.25, 0.3) is 0 Å². The number of halogens is 1. The van der Waals surface area contributed by atoms with Crippen molar-refractivity contribution in [2.75, 3.05) is 6.54 Å². The van der Waals surface area contributed by atoms with Crippen LogP contribution in [-0.2, 0) is 20.1 Å². The van der Waals surface area contributed by atoms with Crippen molar-refractivity contribution in [3.63, 3.8) is 0 Å². The van der Waals surface area contributed by atoms with Crippen molar-refractivity contribution in [2.45, 2.75) is 26.9 Å². The van der Waals surface area contributed by atoms with Crippen molar-refractivity contribution in [3.05, 3.63) is 34.4 Å². The average Bonchev–Trinajstić information content (AvgIpc) is 2.87. The van der Waals surface area contributed by atoms with Gasteiger partial charge in [-0.2, -0.15) is 10.2 Å². The Bertz CT molecular complexity index is 529. The first kappa shape index (κ1) is 13.1. The summed E-state index contributed by atoms with van der Waals surface area (Å²) in [4.78, 5) is 0. The molecule has 5 nitrogen and oxygen atoms in total. The molecule has 98 valence electrons. The molecule has 0 aromatic carbocycles. The summed E-state index contributed by atoms with van der Waals surface area (Å²) in [6.07, 6.45) is 1.81. The molecule has 0 unspecified atom stereocenters. The Morgan fingerprint density at radius 1 is 1.44 bits per heavy atom. The summed E-state index contributed by atoms with van der Waals surface area (Å²) in [5.74, 6) is 0.